The van der Waals surface area contributed by atoms with Gasteiger partial charge in [-0.15, -0.1) is 0 Å². The quantitative estimate of drug-likeness (QED) is 0.639. The molecular formula is C10H21NO. The van der Waals surface area contributed by atoms with Gasteiger partial charge >= 0.3 is 0 Å². The standard InChI is InChI=1S/C10H21NO/c1-9(2)5-6-10(11(3)4)7-12-8-10/h9H,5-8H2,1-4H3. The highest BCUT2D eigenvalue weighted by Crippen LogP contribution is 2.29. The number of hydrogen-bond acceptors (Lipinski definition) is 2. The first-order valence-electron chi connectivity index (χ1n) is 4.82. The lowest BCUT2D eigenvalue weighted by molar-refractivity contribution is -0.130. The average Bonchev–Trinajstić information content (AvgIpc) is 1.83. The molecule has 0 saturated carbocycles. The van der Waals surface area contributed by atoms with Crippen molar-refractivity contribution >= 4 is 0 Å². The number of rotatable bonds is 4. The highest BCUT2D eigenvalue weighted by atomic mass is 16.5. The molecule has 0 aromatic rings. The summed E-state index contributed by atoms with van der Waals surface area (Å²) in [4.78, 5) is 2.32. The maximum atomic E-state index is 5.29. The summed E-state index contributed by atoms with van der Waals surface area (Å²) >= 11 is 0. The molecule has 0 radical (unpaired) electrons. The fourth-order valence-electron chi connectivity index (χ4n) is 1.52. The van der Waals surface area contributed by atoms with Crippen molar-refractivity contribution in [1.82, 2.24) is 4.90 Å². The molecule has 1 rings (SSSR count). The summed E-state index contributed by atoms with van der Waals surface area (Å²) in [6.45, 7) is 6.41. The van der Waals surface area contributed by atoms with E-state index in [9.17, 15) is 0 Å². The number of hydrogen-bond donors (Lipinski definition) is 0. The molecule has 0 N–H and O–H groups in total. The minimum atomic E-state index is 0.365. The van der Waals surface area contributed by atoms with Gasteiger partial charge in [-0.2, -0.15) is 0 Å². The lowest BCUT2D eigenvalue weighted by Crippen LogP contribution is -2.59. The molecule has 1 aliphatic heterocycles. The van der Waals surface area contributed by atoms with Crippen molar-refractivity contribution in [3.05, 3.63) is 0 Å². The first-order valence-corrected chi connectivity index (χ1v) is 4.82. The molecule has 0 aromatic carbocycles. The van der Waals surface area contributed by atoms with Crippen LogP contribution in [0.1, 0.15) is 26.7 Å². The van der Waals surface area contributed by atoms with Crippen LogP contribution in [0.4, 0.5) is 0 Å². The van der Waals surface area contributed by atoms with E-state index in [4.69, 9.17) is 4.74 Å². The van der Waals surface area contributed by atoms with Gasteiger partial charge in [0.2, 0.25) is 0 Å². The summed E-state index contributed by atoms with van der Waals surface area (Å²) in [5, 5.41) is 0. The molecular weight excluding hydrogens is 150 g/mol. The van der Waals surface area contributed by atoms with Crippen LogP contribution < -0.4 is 0 Å². The second kappa shape index (κ2) is 3.75. The molecule has 2 heteroatoms. The monoisotopic (exact) mass is 171 g/mol. The van der Waals surface area contributed by atoms with Crippen LogP contribution >= 0.6 is 0 Å². The molecule has 1 heterocycles. The molecule has 72 valence electrons. The zero-order chi connectivity index (χ0) is 9.19. The predicted octanol–water partition coefficient (Wildman–Crippen LogP) is 1.75. The summed E-state index contributed by atoms with van der Waals surface area (Å²) < 4.78 is 5.29. The van der Waals surface area contributed by atoms with Crippen LogP contribution in [-0.2, 0) is 4.74 Å². The molecule has 12 heavy (non-hydrogen) atoms. The molecule has 1 aliphatic rings. The Hall–Kier alpha value is -0.0800. The van der Waals surface area contributed by atoms with Gasteiger partial charge in [-0.05, 0) is 32.9 Å². The lowest BCUT2D eigenvalue weighted by atomic mass is 9.87. The van der Waals surface area contributed by atoms with E-state index in [0.29, 0.717) is 5.54 Å². The highest BCUT2D eigenvalue weighted by Gasteiger charge is 2.40. The molecule has 0 spiro atoms. The van der Waals surface area contributed by atoms with Crippen molar-refractivity contribution in [2.24, 2.45) is 5.92 Å². The van der Waals surface area contributed by atoms with Crippen molar-refractivity contribution in [3.8, 4) is 0 Å². The van der Waals surface area contributed by atoms with Crippen LogP contribution in [0, 0.1) is 5.92 Å². The van der Waals surface area contributed by atoms with Crippen LogP contribution in [0.15, 0.2) is 0 Å². The first-order chi connectivity index (χ1) is 5.57. The Balaban J connectivity index is 2.35. The van der Waals surface area contributed by atoms with E-state index in [0.717, 1.165) is 19.1 Å². The van der Waals surface area contributed by atoms with Crippen LogP contribution in [0.2, 0.25) is 0 Å². The van der Waals surface area contributed by atoms with E-state index in [2.05, 4.69) is 32.8 Å². The minimum absolute atomic E-state index is 0.365. The molecule has 0 aliphatic carbocycles. The lowest BCUT2D eigenvalue weighted by Gasteiger charge is -2.47. The summed E-state index contributed by atoms with van der Waals surface area (Å²) in [5.74, 6) is 0.808. The van der Waals surface area contributed by atoms with Crippen LogP contribution in [-0.4, -0.2) is 37.7 Å². The Bertz CT molecular complexity index is 139. The molecule has 1 fully saturated rings. The molecule has 0 aromatic heterocycles. The molecule has 1 saturated heterocycles. The smallest absolute Gasteiger partial charge is 0.0673 e. The van der Waals surface area contributed by atoms with Gasteiger partial charge in [0.25, 0.3) is 0 Å². The topological polar surface area (TPSA) is 12.5 Å². The van der Waals surface area contributed by atoms with E-state index in [-0.39, 0.29) is 0 Å². The van der Waals surface area contributed by atoms with Gasteiger partial charge in [-0.3, -0.25) is 4.90 Å². The van der Waals surface area contributed by atoms with Gasteiger partial charge in [0, 0.05) is 0 Å². The van der Waals surface area contributed by atoms with E-state index in [1.807, 2.05) is 0 Å². The summed E-state index contributed by atoms with van der Waals surface area (Å²) in [5.41, 5.74) is 0.365. The molecule has 0 bridgehead atoms. The third-order valence-corrected chi connectivity index (χ3v) is 2.88. The van der Waals surface area contributed by atoms with Gasteiger partial charge < -0.3 is 4.74 Å². The maximum Gasteiger partial charge on any atom is 0.0673 e. The van der Waals surface area contributed by atoms with Crippen molar-refractivity contribution in [3.63, 3.8) is 0 Å². The largest absolute Gasteiger partial charge is 0.377 e. The average molecular weight is 171 g/mol. The Morgan fingerprint density at radius 1 is 1.33 bits per heavy atom. The predicted molar refractivity (Wildman–Crippen MR) is 51.3 cm³/mol. The zero-order valence-corrected chi connectivity index (χ0v) is 8.76. The molecule has 2 nitrogen and oxygen atoms in total. The SMILES string of the molecule is CC(C)CCC1(N(C)C)COC1. The highest BCUT2D eigenvalue weighted by molar-refractivity contribution is 4.93. The van der Waals surface area contributed by atoms with E-state index in [1.54, 1.807) is 0 Å². The van der Waals surface area contributed by atoms with Crippen LogP contribution in [0.5, 0.6) is 0 Å². The number of likely N-dealkylation sites (N-methyl/N-ethyl adjacent to an activating group) is 1. The molecule has 0 amide bonds. The van der Waals surface area contributed by atoms with Gasteiger partial charge in [0.05, 0.1) is 18.8 Å². The summed E-state index contributed by atoms with van der Waals surface area (Å²) in [7, 11) is 4.31. The van der Waals surface area contributed by atoms with Gasteiger partial charge in [0.1, 0.15) is 0 Å². The van der Waals surface area contributed by atoms with Crippen molar-refractivity contribution in [2.45, 2.75) is 32.2 Å². The van der Waals surface area contributed by atoms with Crippen molar-refractivity contribution in [2.75, 3.05) is 27.3 Å². The second-order valence-electron chi connectivity index (χ2n) is 4.54. The third-order valence-electron chi connectivity index (χ3n) is 2.88. The van der Waals surface area contributed by atoms with Gasteiger partial charge in [-0.25, -0.2) is 0 Å². The summed E-state index contributed by atoms with van der Waals surface area (Å²) in [6.07, 6.45) is 2.58. The normalized spacial score (nSPS) is 21.5. The second-order valence-corrected chi connectivity index (χ2v) is 4.54. The van der Waals surface area contributed by atoms with Gasteiger partial charge in [-0.1, -0.05) is 13.8 Å². The fraction of sp³-hybridized carbons (Fsp3) is 1.00. The molecule has 0 atom stereocenters. The van der Waals surface area contributed by atoms with Crippen molar-refractivity contribution < 1.29 is 4.74 Å². The Morgan fingerprint density at radius 3 is 2.17 bits per heavy atom. The van der Waals surface area contributed by atoms with E-state index >= 15 is 0 Å². The fourth-order valence-corrected chi connectivity index (χ4v) is 1.52. The summed E-state index contributed by atoms with van der Waals surface area (Å²) in [6, 6.07) is 0. The minimum Gasteiger partial charge on any atom is -0.377 e. The molecule has 0 unspecified atom stereocenters. The Kier molecular flexibility index (Phi) is 3.13. The Labute approximate surface area is 75.9 Å². The van der Waals surface area contributed by atoms with Crippen LogP contribution in [0.3, 0.4) is 0 Å². The Morgan fingerprint density at radius 2 is 1.92 bits per heavy atom. The maximum absolute atomic E-state index is 5.29. The number of nitrogens with zero attached hydrogens (tertiary/aromatic N) is 1. The number of ether oxygens (including phenoxy) is 1. The first kappa shape index (κ1) is 10.0. The van der Waals surface area contributed by atoms with Gasteiger partial charge in [0.15, 0.2) is 0 Å². The van der Waals surface area contributed by atoms with Crippen molar-refractivity contribution in [1.29, 1.82) is 0 Å². The van der Waals surface area contributed by atoms with E-state index < -0.39 is 0 Å². The van der Waals surface area contributed by atoms with E-state index in [1.165, 1.54) is 12.8 Å². The third kappa shape index (κ3) is 1.99. The zero-order valence-electron chi connectivity index (χ0n) is 8.76. The van der Waals surface area contributed by atoms with Crippen LogP contribution in [0.25, 0.3) is 0 Å².